The molecular weight excluding hydrogens is 330 g/mol. The number of benzene rings is 2. The van der Waals surface area contributed by atoms with Crippen molar-refractivity contribution in [2.75, 3.05) is 11.9 Å². The van der Waals surface area contributed by atoms with Crippen LogP contribution in [0.25, 0.3) is 0 Å². The Kier molecular flexibility index (Phi) is 5.88. The van der Waals surface area contributed by atoms with Gasteiger partial charge in [0.25, 0.3) is 5.91 Å². The minimum Gasteiger partial charge on any atom is -0.484 e. The molecule has 3 rings (SSSR count). The molecule has 0 radical (unpaired) electrons. The van der Waals surface area contributed by atoms with Gasteiger partial charge >= 0.3 is 0 Å². The van der Waals surface area contributed by atoms with Gasteiger partial charge in [-0.15, -0.1) is 0 Å². The van der Waals surface area contributed by atoms with Crippen LogP contribution in [0.4, 0.5) is 5.82 Å². The number of carbonyl (C=O) groups excluding carboxylic acids is 1. The maximum Gasteiger partial charge on any atom is 0.263 e. The Bertz CT molecular complexity index is 829. The molecule has 0 atom stereocenters. The molecule has 0 unspecified atom stereocenters. The lowest BCUT2D eigenvalue weighted by Crippen LogP contribution is -2.22. The first-order chi connectivity index (χ1) is 12.7. The van der Waals surface area contributed by atoms with Crippen LogP contribution >= 0.6 is 0 Å². The summed E-state index contributed by atoms with van der Waals surface area (Å²) in [5.74, 6) is 2.52. The highest BCUT2D eigenvalue weighted by Gasteiger charge is 2.08. The van der Waals surface area contributed by atoms with Crippen LogP contribution in [-0.4, -0.2) is 22.3 Å². The number of nitrogens with zero attached hydrogens (tertiary/aromatic N) is 2. The van der Waals surface area contributed by atoms with Crippen LogP contribution < -0.4 is 14.8 Å². The first-order valence-corrected chi connectivity index (χ1v) is 8.52. The molecular formula is C20H21N3O3. The van der Waals surface area contributed by atoms with Gasteiger partial charge in [-0.1, -0.05) is 25.1 Å². The van der Waals surface area contributed by atoms with E-state index in [4.69, 9.17) is 9.47 Å². The number of aryl methyl sites for hydroxylation is 1. The Morgan fingerprint density at radius 1 is 1.00 bits per heavy atom. The highest BCUT2D eigenvalue weighted by atomic mass is 16.5. The van der Waals surface area contributed by atoms with Gasteiger partial charge in [-0.2, -0.15) is 5.10 Å². The second kappa shape index (κ2) is 8.71. The van der Waals surface area contributed by atoms with Crippen LogP contribution in [0.5, 0.6) is 17.2 Å². The summed E-state index contributed by atoms with van der Waals surface area (Å²) in [4.78, 5) is 12.0. The zero-order valence-electron chi connectivity index (χ0n) is 14.6. The topological polar surface area (TPSA) is 65.4 Å². The van der Waals surface area contributed by atoms with Crippen LogP contribution in [-0.2, 0) is 11.3 Å². The third-order valence-corrected chi connectivity index (χ3v) is 3.59. The van der Waals surface area contributed by atoms with E-state index in [1.54, 1.807) is 41.2 Å². The molecule has 2 aromatic carbocycles. The first-order valence-electron chi connectivity index (χ1n) is 8.52. The molecule has 1 aromatic heterocycles. The summed E-state index contributed by atoms with van der Waals surface area (Å²) in [6.45, 7) is 2.74. The van der Waals surface area contributed by atoms with Crippen molar-refractivity contribution in [3.05, 3.63) is 66.9 Å². The van der Waals surface area contributed by atoms with E-state index in [1.807, 2.05) is 30.3 Å². The largest absolute Gasteiger partial charge is 0.484 e. The van der Waals surface area contributed by atoms with Crippen molar-refractivity contribution >= 4 is 11.7 Å². The van der Waals surface area contributed by atoms with Gasteiger partial charge < -0.3 is 14.8 Å². The monoisotopic (exact) mass is 351 g/mol. The number of carbonyl (C=O) groups is 1. The quantitative estimate of drug-likeness (QED) is 0.663. The molecule has 26 heavy (non-hydrogen) atoms. The standard InChI is InChI=1S/C20H21N3O3/c1-2-14-23-19(12-13-21-23)22-20(24)15-25-16-8-10-18(11-9-16)26-17-6-4-3-5-7-17/h3-13H,2,14-15H2,1H3,(H,22,24). The Labute approximate surface area is 152 Å². The predicted molar refractivity (Wildman–Crippen MR) is 99.6 cm³/mol. The van der Waals surface area contributed by atoms with E-state index in [9.17, 15) is 4.79 Å². The van der Waals surface area contributed by atoms with E-state index < -0.39 is 0 Å². The fourth-order valence-corrected chi connectivity index (χ4v) is 2.39. The zero-order chi connectivity index (χ0) is 18.2. The molecule has 0 bridgehead atoms. The predicted octanol–water partition coefficient (Wildman–Crippen LogP) is 4.10. The van der Waals surface area contributed by atoms with Crippen LogP contribution in [0, 0.1) is 0 Å². The highest BCUT2D eigenvalue weighted by molar-refractivity contribution is 5.91. The van der Waals surface area contributed by atoms with Crippen molar-refractivity contribution in [1.82, 2.24) is 9.78 Å². The van der Waals surface area contributed by atoms with Crippen molar-refractivity contribution in [2.45, 2.75) is 19.9 Å². The molecule has 134 valence electrons. The Hall–Kier alpha value is -3.28. The van der Waals surface area contributed by atoms with Gasteiger partial charge in [0.2, 0.25) is 0 Å². The number of aromatic nitrogens is 2. The summed E-state index contributed by atoms with van der Waals surface area (Å²) < 4.78 is 13.0. The highest BCUT2D eigenvalue weighted by Crippen LogP contribution is 2.23. The Morgan fingerprint density at radius 2 is 1.69 bits per heavy atom. The number of para-hydroxylation sites is 1. The molecule has 0 aliphatic carbocycles. The van der Waals surface area contributed by atoms with Crippen molar-refractivity contribution in [3.8, 4) is 17.2 Å². The van der Waals surface area contributed by atoms with Crippen molar-refractivity contribution in [3.63, 3.8) is 0 Å². The molecule has 1 amide bonds. The van der Waals surface area contributed by atoms with Gasteiger partial charge in [-0.25, -0.2) is 4.68 Å². The minimum absolute atomic E-state index is 0.0732. The van der Waals surface area contributed by atoms with Crippen molar-refractivity contribution in [1.29, 1.82) is 0 Å². The number of rotatable bonds is 8. The van der Waals surface area contributed by atoms with Crippen molar-refractivity contribution in [2.24, 2.45) is 0 Å². The van der Waals surface area contributed by atoms with E-state index in [0.717, 1.165) is 18.7 Å². The lowest BCUT2D eigenvalue weighted by Gasteiger charge is -2.10. The minimum atomic E-state index is -0.229. The summed E-state index contributed by atoms with van der Waals surface area (Å²) in [5.41, 5.74) is 0. The van der Waals surface area contributed by atoms with Gasteiger partial charge in [0.05, 0.1) is 6.20 Å². The van der Waals surface area contributed by atoms with Crippen LogP contribution in [0.1, 0.15) is 13.3 Å². The van der Waals surface area contributed by atoms with Crippen LogP contribution in [0.15, 0.2) is 66.9 Å². The molecule has 0 saturated heterocycles. The third-order valence-electron chi connectivity index (χ3n) is 3.59. The second-order valence-electron chi connectivity index (χ2n) is 5.66. The van der Waals surface area contributed by atoms with E-state index in [-0.39, 0.29) is 12.5 Å². The lowest BCUT2D eigenvalue weighted by atomic mass is 10.3. The molecule has 1 heterocycles. The molecule has 1 N–H and O–H groups in total. The smallest absolute Gasteiger partial charge is 0.263 e. The van der Waals surface area contributed by atoms with E-state index in [2.05, 4.69) is 17.3 Å². The van der Waals surface area contributed by atoms with Gasteiger partial charge in [0.15, 0.2) is 6.61 Å². The number of nitrogens with one attached hydrogen (secondary N) is 1. The summed E-state index contributed by atoms with van der Waals surface area (Å²) in [5, 5.41) is 6.97. The third kappa shape index (κ3) is 4.86. The average Bonchev–Trinajstić information content (AvgIpc) is 3.09. The lowest BCUT2D eigenvalue weighted by molar-refractivity contribution is -0.118. The Balaban J connectivity index is 1.50. The summed E-state index contributed by atoms with van der Waals surface area (Å²) >= 11 is 0. The molecule has 3 aromatic rings. The van der Waals surface area contributed by atoms with E-state index in [1.165, 1.54) is 0 Å². The summed E-state index contributed by atoms with van der Waals surface area (Å²) in [6, 6.07) is 18.5. The molecule has 0 saturated carbocycles. The molecule has 0 spiro atoms. The fourth-order valence-electron chi connectivity index (χ4n) is 2.39. The fraction of sp³-hybridized carbons (Fsp3) is 0.200. The van der Waals surface area contributed by atoms with E-state index in [0.29, 0.717) is 17.3 Å². The summed E-state index contributed by atoms with van der Waals surface area (Å²) in [6.07, 6.45) is 2.61. The molecule has 0 aliphatic heterocycles. The first kappa shape index (κ1) is 17.5. The molecule has 6 heteroatoms. The van der Waals surface area contributed by atoms with Crippen LogP contribution in [0.3, 0.4) is 0 Å². The number of anilines is 1. The van der Waals surface area contributed by atoms with Gasteiger partial charge in [0.1, 0.15) is 23.1 Å². The average molecular weight is 351 g/mol. The van der Waals surface area contributed by atoms with Crippen molar-refractivity contribution < 1.29 is 14.3 Å². The maximum atomic E-state index is 12.0. The van der Waals surface area contributed by atoms with E-state index >= 15 is 0 Å². The van der Waals surface area contributed by atoms with Gasteiger partial charge in [-0.05, 0) is 42.8 Å². The number of hydrogen-bond acceptors (Lipinski definition) is 4. The number of amides is 1. The zero-order valence-corrected chi connectivity index (χ0v) is 14.6. The Morgan fingerprint density at radius 3 is 2.42 bits per heavy atom. The summed E-state index contributed by atoms with van der Waals surface area (Å²) in [7, 11) is 0. The van der Waals surface area contributed by atoms with Gasteiger partial charge in [-0.3, -0.25) is 4.79 Å². The molecule has 0 fully saturated rings. The maximum absolute atomic E-state index is 12.0. The second-order valence-corrected chi connectivity index (χ2v) is 5.66. The van der Waals surface area contributed by atoms with Gasteiger partial charge in [0, 0.05) is 12.6 Å². The number of hydrogen-bond donors (Lipinski definition) is 1. The molecule has 6 nitrogen and oxygen atoms in total. The normalized spacial score (nSPS) is 10.3. The van der Waals surface area contributed by atoms with Crippen LogP contribution in [0.2, 0.25) is 0 Å². The SMILES string of the molecule is CCCn1nccc1NC(=O)COc1ccc(Oc2ccccc2)cc1. The molecule has 0 aliphatic rings. The number of ether oxygens (including phenoxy) is 2.